The highest BCUT2D eigenvalue weighted by atomic mass is 19.4. The molecule has 2 saturated heterocycles. The summed E-state index contributed by atoms with van der Waals surface area (Å²) >= 11 is 0. The van der Waals surface area contributed by atoms with Crippen LogP contribution in [0.2, 0.25) is 0 Å². The predicted molar refractivity (Wildman–Crippen MR) is 103 cm³/mol. The van der Waals surface area contributed by atoms with E-state index in [4.69, 9.17) is 0 Å². The highest BCUT2D eigenvalue weighted by molar-refractivity contribution is 5.84. The van der Waals surface area contributed by atoms with E-state index < -0.39 is 17.7 Å². The average Bonchev–Trinajstić information content (AvgIpc) is 2.70. The fourth-order valence-electron chi connectivity index (χ4n) is 3.90. The molecular weight excluding hydrogens is 399 g/mol. The number of carbonyl (C=O) groups excluding carboxylic acids is 3. The maximum Gasteiger partial charge on any atom is 0.416 e. The minimum Gasteiger partial charge on any atom is -0.354 e. The van der Waals surface area contributed by atoms with Crippen molar-refractivity contribution < 1.29 is 27.6 Å². The molecule has 0 aliphatic carbocycles. The van der Waals surface area contributed by atoms with Gasteiger partial charge >= 0.3 is 6.18 Å². The Balaban J connectivity index is 1.52. The Morgan fingerprint density at radius 3 is 2.60 bits per heavy atom. The smallest absolute Gasteiger partial charge is 0.354 e. The lowest BCUT2D eigenvalue weighted by molar-refractivity contribution is -0.139. The first-order valence-electron chi connectivity index (χ1n) is 10.2. The number of nitrogens with zero attached hydrogens (tertiary/aromatic N) is 2. The van der Waals surface area contributed by atoms with Crippen molar-refractivity contribution in [2.75, 3.05) is 26.2 Å². The van der Waals surface area contributed by atoms with Gasteiger partial charge in [-0.05, 0) is 37.0 Å². The van der Waals surface area contributed by atoms with Crippen LogP contribution in [0.15, 0.2) is 24.3 Å². The summed E-state index contributed by atoms with van der Waals surface area (Å²) in [6.07, 6.45) is -1.44. The Morgan fingerprint density at radius 2 is 1.87 bits per heavy atom. The minimum atomic E-state index is -4.44. The van der Waals surface area contributed by atoms with Gasteiger partial charge in [-0.25, -0.2) is 0 Å². The molecular formula is C21H26F3N3O3. The topological polar surface area (TPSA) is 69.7 Å². The molecule has 2 aliphatic heterocycles. The number of hydrogen-bond acceptors (Lipinski definition) is 3. The largest absolute Gasteiger partial charge is 0.416 e. The van der Waals surface area contributed by atoms with Gasteiger partial charge in [-0.1, -0.05) is 12.1 Å². The number of benzene rings is 1. The number of rotatable bonds is 6. The van der Waals surface area contributed by atoms with Crippen LogP contribution in [0, 0.1) is 5.92 Å². The van der Waals surface area contributed by atoms with Crippen LogP contribution in [-0.4, -0.2) is 53.7 Å². The number of piperidine rings is 2. The molecule has 1 aromatic carbocycles. The monoisotopic (exact) mass is 425 g/mol. The van der Waals surface area contributed by atoms with Crippen LogP contribution >= 0.6 is 0 Å². The molecule has 0 spiro atoms. The number of likely N-dealkylation sites (tertiary alicyclic amines) is 2. The Hall–Kier alpha value is -2.58. The van der Waals surface area contributed by atoms with E-state index in [9.17, 15) is 27.6 Å². The zero-order valence-electron chi connectivity index (χ0n) is 16.7. The maximum atomic E-state index is 12.9. The average molecular weight is 425 g/mol. The van der Waals surface area contributed by atoms with Crippen LogP contribution < -0.4 is 5.32 Å². The number of nitrogens with one attached hydrogen (secondary N) is 1. The van der Waals surface area contributed by atoms with Crippen molar-refractivity contribution in [1.29, 1.82) is 0 Å². The second-order valence-corrected chi connectivity index (χ2v) is 7.84. The minimum absolute atomic E-state index is 0.0365. The molecule has 3 amide bonds. The van der Waals surface area contributed by atoms with Crippen LogP contribution in [0.25, 0.3) is 0 Å². The van der Waals surface area contributed by atoms with Gasteiger partial charge in [0, 0.05) is 45.6 Å². The molecule has 0 aromatic heterocycles. The van der Waals surface area contributed by atoms with E-state index >= 15 is 0 Å². The summed E-state index contributed by atoms with van der Waals surface area (Å²) < 4.78 is 38.7. The zero-order chi connectivity index (χ0) is 21.7. The summed E-state index contributed by atoms with van der Waals surface area (Å²) in [6.45, 7) is 1.72. The summed E-state index contributed by atoms with van der Waals surface area (Å²) in [4.78, 5) is 39.7. The van der Waals surface area contributed by atoms with Gasteiger partial charge in [-0.2, -0.15) is 13.2 Å². The summed E-state index contributed by atoms with van der Waals surface area (Å²) in [6, 6.07) is 4.89. The van der Waals surface area contributed by atoms with Gasteiger partial charge in [0.15, 0.2) is 0 Å². The van der Waals surface area contributed by atoms with Crippen molar-refractivity contribution >= 4 is 17.7 Å². The van der Waals surface area contributed by atoms with Crippen molar-refractivity contribution in [3.8, 4) is 0 Å². The summed E-state index contributed by atoms with van der Waals surface area (Å²) in [5, 5.41) is 2.83. The molecule has 164 valence electrons. The summed E-state index contributed by atoms with van der Waals surface area (Å²) in [7, 11) is 0. The lowest BCUT2D eigenvalue weighted by Crippen LogP contribution is -2.47. The van der Waals surface area contributed by atoms with Crippen molar-refractivity contribution in [2.45, 2.75) is 44.8 Å². The quantitative estimate of drug-likeness (QED) is 0.762. The van der Waals surface area contributed by atoms with Crippen molar-refractivity contribution in [3.63, 3.8) is 0 Å². The third-order valence-corrected chi connectivity index (χ3v) is 5.60. The van der Waals surface area contributed by atoms with Crippen molar-refractivity contribution in [2.24, 2.45) is 5.92 Å². The van der Waals surface area contributed by atoms with Crippen LogP contribution in [0.3, 0.4) is 0 Å². The van der Waals surface area contributed by atoms with E-state index in [0.29, 0.717) is 38.0 Å². The van der Waals surface area contributed by atoms with Gasteiger partial charge in [-0.3, -0.25) is 14.4 Å². The molecule has 0 unspecified atom stereocenters. The normalized spacial score (nSPS) is 20.4. The Kier molecular flexibility index (Phi) is 6.99. The van der Waals surface area contributed by atoms with Gasteiger partial charge < -0.3 is 15.1 Å². The summed E-state index contributed by atoms with van der Waals surface area (Å²) in [5.41, 5.74) is -0.381. The SMILES string of the molecule is O=C(NCCN1CCCCC1=O)[C@@H]1CCC(=O)N(Cc2cccc(C(F)(F)F)c2)C1. The highest BCUT2D eigenvalue weighted by Crippen LogP contribution is 2.30. The van der Waals surface area contributed by atoms with Crippen LogP contribution in [0.5, 0.6) is 0 Å². The van der Waals surface area contributed by atoms with Gasteiger partial charge in [0.25, 0.3) is 0 Å². The summed E-state index contributed by atoms with van der Waals surface area (Å²) in [5.74, 6) is -0.673. The first-order valence-corrected chi connectivity index (χ1v) is 10.2. The van der Waals surface area contributed by atoms with Crippen LogP contribution in [-0.2, 0) is 27.1 Å². The van der Waals surface area contributed by atoms with Crippen LogP contribution in [0.1, 0.15) is 43.2 Å². The van der Waals surface area contributed by atoms with E-state index in [2.05, 4.69) is 5.32 Å². The van der Waals surface area contributed by atoms with E-state index in [-0.39, 0.29) is 37.2 Å². The Bertz CT molecular complexity index is 797. The lowest BCUT2D eigenvalue weighted by atomic mass is 9.96. The maximum absolute atomic E-state index is 12.9. The van der Waals surface area contributed by atoms with Crippen molar-refractivity contribution in [1.82, 2.24) is 15.1 Å². The first-order chi connectivity index (χ1) is 14.2. The molecule has 0 bridgehead atoms. The van der Waals surface area contributed by atoms with E-state index in [1.165, 1.54) is 11.0 Å². The number of alkyl halides is 3. The number of carbonyl (C=O) groups is 3. The lowest BCUT2D eigenvalue weighted by Gasteiger charge is -2.32. The molecule has 30 heavy (non-hydrogen) atoms. The highest BCUT2D eigenvalue weighted by Gasteiger charge is 2.32. The fourth-order valence-corrected chi connectivity index (χ4v) is 3.90. The molecule has 1 aromatic rings. The van der Waals surface area contributed by atoms with Gasteiger partial charge in [0.2, 0.25) is 17.7 Å². The molecule has 9 heteroatoms. The van der Waals surface area contributed by atoms with Crippen LogP contribution in [0.4, 0.5) is 13.2 Å². The van der Waals surface area contributed by atoms with Crippen molar-refractivity contribution in [3.05, 3.63) is 35.4 Å². The number of amides is 3. The number of halogens is 3. The fraction of sp³-hybridized carbons (Fsp3) is 0.571. The molecule has 2 aliphatic rings. The van der Waals surface area contributed by atoms with E-state index in [1.54, 1.807) is 11.0 Å². The molecule has 1 atom stereocenters. The molecule has 0 radical (unpaired) electrons. The molecule has 6 nitrogen and oxygen atoms in total. The second kappa shape index (κ2) is 9.49. The molecule has 2 heterocycles. The van der Waals surface area contributed by atoms with E-state index in [0.717, 1.165) is 25.0 Å². The first kappa shape index (κ1) is 22.1. The standard InChI is InChI=1S/C21H26F3N3O3/c22-21(23,24)17-5-3-4-15(12-17)13-27-14-16(7-8-19(27)29)20(30)25-9-11-26-10-2-1-6-18(26)28/h3-5,12,16H,1-2,6-11,13-14H2,(H,25,30)/t16-/m1/s1. The van der Waals surface area contributed by atoms with Gasteiger partial charge in [0.05, 0.1) is 11.5 Å². The van der Waals surface area contributed by atoms with Gasteiger partial charge in [-0.15, -0.1) is 0 Å². The molecule has 0 saturated carbocycles. The predicted octanol–water partition coefficient (Wildman–Crippen LogP) is 2.57. The molecule has 1 N–H and O–H groups in total. The third kappa shape index (κ3) is 5.73. The second-order valence-electron chi connectivity index (χ2n) is 7.84. The van der Waals surface area contributed by atoms with E-state index in [1.807, 2.05) is 0 Å². The Labute approximate surface area is 173 Å². The Morgan fingerprint density at radius 1 is 1.10 bits per heavy atom. The molecule has 2 fully saturated rings. The zero-order valence-corrected chi connectivity index (χ0v) is 16.7. The number of hydrogen-bond donors (Lipinski definition) is 1. The molecule has 3 rings (SSSR count). The van der Waals surface area contributed by atoms with Gasteiger partial charge in [0.1, 0.15) is 0 Å². The third-order valence-electron chi connectivity index (χ3n) is 5.60.